The van der Waals surface area contributed by atoms with Gasteiger partial charge in [-0.3, -0.25) is 9.59 Å². The van der Waals surface area contributed by atoms with Gasteiger partial charge in [-0.05, 0) is 172 Å². The molecule has 2 aromatic carbocycles. The van der Waals surface area contributed by atoms with Crippen LogP contribution in [0.5, 0.6) is 5.75 Å². The van der Waals surface area contributed by atoms with E-state index in [4.69, 9.17) is 10.5 Å². The second kappa shape index (κ2) is 15.7. The van der Waals surface area contributed by atoms with Crippen molar-refractivity contribution < 1.29 is 34.8 Å². The van der Waals surface area contributed by atoms with Crippen LogP contribution in [0.4, 0.5) is 5.69 Å². The van der Waals surface area contributed by atoms with Gasteiger partial charge >= 0.3 is 0 Å². The molecule has 0 amide bonds. The summed E-state index contributed by atoms with van der Waals surface area (Å²) in [6.07, 6.45) is 7.07. The van der Waals surface area contributed by atoms with E-state index in [1.807, 2.05) is 25.2 Å². The van der Waals surface area contributed by atoms with Crippen LogP contribution in [0.15, 0.2) is 53.6 Å². The molecule has 14 atom stereocenters. The number of nitrogen functional groups attached to an aromatic ring is 1. The van der Waals surface area contributed by atoms with E-state index < -0.39 is 50.4 Å². The molecular formula is C54H77N3O7. The number of aliphatic hydroxyl groups is 3. The fraction of sp³-hybridized carbons (Fsp3) is 0.704. The maximum atomic E-state index is 15.5. The van der Waals surface area contributed by atoms with Crippen molar-refractivity contribution in [2.75, 3.05) is 25.9 Å². The van der Waals surface area contributed by atoms with Gasteiger partial charge in [-0.25, -0.2) is 0 Å². The molecule has 64 heavy (non-hydrogen) atoms. The van der Waals surface area contributed by atoms with Crippen LogP contribution in [0, 0.1) is 45.3 Å². The van der Waals surface area contributed by atoms with Crippen molar-refractivity contribution in [3.63, 3.8) is 0 Å². The molecule has 0 aromatic heterocycles. The van der Waals surface area contributed by atoms with Crippen LogP contribution < -0.4 is 16.4 Å². The van der Waals surface area contributed by atoms with Gasteiger partial charge in [0.25, 0.3) is 0 Å². The second-order valence-electron chi connectivity index (χ2n) is 23.5. The molecular weight excluding hydrogens is 803 g/mol. The predicted octanol–water partition coefficient (Wildman–Crippen LogP) is 7.64. The van der Waals surface area contributed by atoms with E-state index in [1.54, 1.807) is 13.0 Å². The molecule has 10 rings (SSSR count). The molecule has 0 radical (unpaired) electrons. The highest BCUT2D eigenvalue weighted by Crippen LogP contribution is 2.80. The maximum absolute atomic E-state index is 15.5. The summed E-state index contributed by atoms with van der Waals surface area (Å²) < 4.78 is 6.52. The standard InChI is InChI=1S/C54H77N3O7/c1-31(21-41(61)45-51(7,64-45)39-14-10-13-38(39)34-11-9-12-36(55)24-34)44-40-15-16-43-49(5)29-52(35-22-33(28-56-8)23-37(60)25-35)17-18-54(57-27-32(2)59,46(49)48(3,4)47(52)63)30-53(43,19-20-58)50(40,6)26-42(44)62/h9,11-12,22-25,31-32,38-39,41,43,45-46,56-61H,10,13-21,26-30,55H2,1-8H3/t31-,32+,38+,39-,41-,43-,45-,46+,49+,50+,51-,52+,53+,54+/m1/s1. The lowest BCUT2D eigenvalue weighted by Gasteiger charge is -2.74. The number of hydrogen-bond donors (Lipinski definition) is 7. The first kappa shape index (κ1) is 46.0. The van der Waals surface area contributed by atoms with Crippen LogP contribution in [-0.2, 0) is 26.3 Å². The van der Waals surface area contributed by atoms with Crippen molar-refractivity contribution in [3.05, 3.63) is 70.3 Å². The third-order valence-electron chi connectivity index (χ3n) is 19.5. The number of ether oxygens (including phenoxy) is 1. The fourth-order valence-electron chi connectivity index (χ4n) is 17.7. The third-order valence-corrected chi connectivity index (χ3v) is 19.5. The Bertz CT molecular complexity index is 2220. The highest BCUT2D eigenvalue weighted by atomic mass is 16.6. The number of phenolic OH excluding ortho intramolecular Hbond substituents is 1. The van der Waals surface area contributed by atoms with Crippen LogP contribution in [0.2, 0.25) is 0 Å². The largest absolute Gasteiger partial charge is 0.508 e. The Balaban J connectivity index is 1.09. The zero-order valence-electron chi connectivity index (χ0n) is 39.9. The van der Waals surface area contributed by atoms with Crippen molar-refractivity contribution in [2.24, 2.45) is 45.3 Å². The molecule has 4 bridgehead atoms. The van der Waals surface area contributed by atoms with Gasteiger partial charge < -0.3 is 41.5 Å². The number of phenols is 1. The smallest absolute Gasteiger partial charge is 0.159 e. The molecule has 7 fully saturated rings. The third kappa shape index (κ3) is 6.60. The number of rotatable bonds is 14. The monoisotopic (exact) mass is 880 g/mol. The summed E-state index contributed by atoms with van der Waals surface area (Å²) >= 11 is 0. The number of β-amino-alcohol motifs (C(OH)–C–C–N with tert-alkyl or cyclic N) is 1. The molecule has 7 aliphatic carbocycles. The van der Waals surface area contributed by atoms with E-state index in [-0.39, 0.29) is 53.7 Å². The minimum absolute atomic E-state index is 0.0207. The van der Waals surface area contributed by atoms with Gasteiger partial charge in [0.1, 0.15) is 17.6 Å². The number of fused-ring (bicyclic) bond motifs is 5. The quantitative estimate of drug-likeness (QED) is 0.0737. The van der Waals surface area contributed by atoms with Gasteiger partial charge in [-0.2, -0.15) is 0 Å². The molecule has 0 unspecified atom stereocenters. The SMILES string of the molecule is CNCc1cc(O)cc([C@]23CC[C@]4(NC[C@H](C)O)C[C@@]5(CCO)[C@H](CCC6=C([C@H](C)C[C@@H](O)[C@H]7O[C@]7(C)[C@@H]7CCC[C@H]7c7cccc(N)c7)C(=O)C[C@@]65C)[C@](C)(C2)[C@@H]4C(C)(C)C3=O)c1. The number of nitrogens with two attached hydrogens (primary N) is 1. The van der Waals surface area contributed by atoms with Gasteiger partial charge in [0.15, 0.2) is 5.78 Å². The molecule has 350 valence electrons. The van der Waals surface area contributed by atoms with Crippen LogP contribution in [0.3, 0.4) is 0 Å². The number of hydrogen-bond acceptors (Lipinski definition) is 10. The fourth-order valence-corrected chi connectivity index (χ4v) is 17.7. The molecule has 1 heterocycles. The first-order chi connectivity index (χ1) is 30.2. The highest BCUT2D eigenvalue weighted by molar-refractivity contribution is 6.01. The Morgan fingerprint density at radius 3 is 2.44 bits per heavy atom. The molecule has 1 saturated heterocycles. The molecule has 0 spiro atoms. The summed E-state index contributed by atoms with van der Waals surface area (Å²) in [6.45, 7) is 16.0. The predicted molar refractivity (Wildman–Crippen MR) is 249 cm³/mol. The number of ketones is 2. The number of allylic oxidation sites excluding steroid dienone is 2. The summed E-state index contributed by atoms with van der Waals surface area (Å²) in [6, 6.07) is 13.9. The van der Waals surface area contributed by atoms with E-state index >= 15 is 4.79 Å². The van der Waals surface area contributed by atoms with Crippen molar-refractivity contribution in [3.8, 4) is 5.75 Å². The minimum Gasteiger partial charge on any atom is -0.508 e. The molecule has 1 aliphatic heterocycles. The van der Waals surface area contributed by atoms with Crippen molar-refractivity contribution in [2.45, 2.75) is 173 Å². The Kier molecular flexibility index (Phi) is 11.3. The topological polar surface area (TPSA) is 178 Å². The van der Waals surface area contributed by atoms with Gasteiger partial charge in [-0.15, -0.1) is 0 Å². The van der Waals surface area contributed by atoms with E-state index in [1.165, 1.54) is 11.1 Å². The summed E-state index contributed by atoms with van der Waals surface area (Å²) in [5.41, 5.74) is 7.97. The lowest BCUT2D eigenvalue weighted by molar-refractivity contribution is -0.222. The molecule has 8 aliphatic rings. The van der Waals surface area contributed by atoms with Crippen LogP contribution in [0.25, 0.3) is 0 Å². The summed E-state index contributed by atoms with van der Waals surface area (Å²) in [5, 5.41) is 52.7. The van der Waals surface area contributed by atoms with E-state index in [0.29, 0.717) is 64.0 Å². The van der Waals surface area contributed by atoms with E-state index in [9.17, 15) is 25.2 Å². The Morgan fingerprint density at radius 1 is 0.969 bits per heavy atom. The summed E-state index contributed by atoms with van der Waals surface area (Å²) in [5.74, 6) is 0.963. The minimum atomic E-state index is -0.857. The molecule has 8 N–H and O–H groups in total. The van der Waals surface area contributed by atoms with Crippen LogP contribution in [0.1, 0.15) is 148 Å². The average molecular weight is 880 g/mol. The van der Waals surface area contributed by atoms with Crippen molar-refractivity contribution in [1.29, 1.82) is 0 Å². The Hall–Kier alpha value is -3.12. The maximum Gasteiger partial charge on any atom is 0.159 e. The second-order valence-corrected chi connectivity index (χ2v) is 23.5. The normalized spacial score (nSPS) is 41.1. The molecule has 10 nitrogen and oxygen atoms in total. The average Bonchev–Trinajstić information content (AvgIpc) is 3.56. The number of anilines is 1. The zero-order chi connectivity index (χ0) is 46.0. The number of carbonyl (C=O) groups excluding carboxylic acids is 2. The lowest BCUT2D eigenvalue weighted by Crippen LogP contribution is -2.75. The van der Waals surface area contributed by atoms with Gasteiger partial charge in [-0.1, -0.05) is 64.8 Å². The van der Waals surface area contributed by atoms with Crippen LogP contribution >= 0.6 is 0 Å². The van der Waals surface area contributed by atoms with E-state index in [0.717, 1.165) is 54.5 Å². The number of aliphatic hydroxyl groups excluding tert-OH is 3. The molecule has 2 aromatic rings. The van der Waals surface area contributed by atoms with Gasteiger partial charge in [0.2, 0.25) is 0 Å². The van der Waals surface area contributed by atoms with Crippen molar-refractivity contribution >= 4 is 17.3 Å². The number of Topliss-reactive ketones (excluding diaryl/α,β-unsaturated/α-hetero) is 2. The molecule has 6 saturated carbocycles. The highest BCUT2D eigenvalue weighted by Gasteiger charge is 2.79. The van der Waals surface area contributed by atoms with Gasteiger partial charge in [0.05, 0.1) is 23.2 Å². The number of aromatic hydroxyl groups is 1. The first-order valence-electron chi connectivity index (χ1n) is 24.7. The Morgan fingerprint density at radius 2 is 1.73 bits per heavy atom. The summed E-state index contributed by atoms with van der Waals surface area (Å²) in [7, 11) is 1.89. The first-order valence-corrected chi connectivity index (χ1v) is 24.7. The Labute approximate surface area is 381 Å². The number of epoxide rings is 1. The number of benzene rings is 2. The number of nitrogens with one attached hydrogen (secondary N) is 2. The lowest BCUT2D eigenvalue weighted by atomic mass is 9.31. The molecule has 10 heteroatoms. The summed E-state index contributed by atoms with van der Waals surface area (Å²) in [4.78, 5) is 30.4. The zero-order valence-corrected chi connectivity index (χ0v) is 39.9. The van der Waals surface area contributed by atoms with Crippen molar-refractivity contribution in [1.82, 2.24) is 10.6 Å². The van der Waals surface area contributed by atoms with Crippen LogP contribution in [-0.4, -0.2) is 81.6 Å². The number of carbonyl (C=O) groups is 2. The van der Waals surface area contributed by atoms with Gasteiger partial charge in [0, 0.05) is 48.2 Å². The van der Waals surface area contributed by atoms with E-state index in [2.05, 4.69) is 70.4 Å².